The smallest absolute Gasteiger partial charge is 0.260 e. The molecule has 0 fully saturated rings. The summed E-state index contributed by atoms with van der Waals surface area (Å²) in [6.07, 6.45) is 1.79. The predicted molar refractivity (Wildman–Crippen MR) is 85.7 cm³/mol. The Labute approximate surface area is 127 Å². The lowest BCUT2D eigenvalue weighted by Gasteiger charge is -2.13. The number of nitrogen functional groups attached to an aromatic ring is 1. The molecule has 0 bridgehead atoms. The van der Waals surface area contributed by atoms with E-state index >= 15 is 0 Å². The first kappa shape index (κ1) is 14.1. The number of nitrogens with zero attached hydrogens (tertiary/aromatic N) is 2. The van der Waals surface area contributed by atoms with Gasteiger partial charge in [0.15, 0.2) is 5.95 Å². The van der Waals surface area contributed by atoms with Crippen molar-refractivity contribution in [2.45, 2.75) is 26.2 Å². The van der Waals surface area contributed by atoms with Gasteiger partial charge in [-0.3, -0.25) is 10.1 Å². The van der Waals surface area contributed by atoms with Crippen LogP contribution in [-0.2, 0) is 5.41 Å². The molecule has 0 atom stereocenters. The average molecular weight is 298 g/mol. The number of H-pyrrole nitrogens is 2. The van der Waals surface area contributed by atoms with Crippen LogP contribution in [0.25, 0.3) is 11.0 Å². The molecule has 0 saturated heterocycles. The number of aromatic nitrogens is 4. The minimum absolute atomic E-state index is 0.0872. The van der Waals surface area contributed by atoms with Crippen LogP contribution in [0.15, 0.2) is 24.4 Å². The Morgan fingerprint density at radius 2 is 2.05 bits per heavy atom. The van der Waals surface area contributed by atoms with Gasteiger partial charge in [-0.2, -0.15) is 0 Å². The van der Waals surface area contributed by atoms with E-state index in [1.807, 2.05) is 6.07 Å². The summed E-state index contributed by atoms with van der Waals surface area (Å²) in [6, 6.07) is 5.29. The number of imidazole rings is 2. The van der Waals surface area contributed by atoms with Gasteiger partial charge in [-0.25, -0.2) is 9.97 Å². The summed E-state index contributed by atoms with van der Waals surface area (Å²) in [5.74, 6) is 0.408. The van der Waals surface area contributed by atoms with E-state index < -0.39 is 0 Å². The number of nitrogens with two attached hydrogens (primary N) is 1. The van der Waals surface area contributed by atoms with E-state index in [0.29, 0.717) is 17.0 Å². The number of carbonyl (C=O) groups is 1. The maximum Gasteiger partial charge on any atom is 0.260 e. The van der Waals surface area contributed by atoms with Crippen molar-refractivity contribution in [3.63, 3.8) is 0 Å². The van der Waals surface area contributed by atoms with Gasteiger partial charge in [0.1, 0.15) is 5.52 Å². The Bertz CT molecular complexity index is 839. The number of hydrogen-bond acceptors (Lipinski definition) is 4. The zero-order valence-corrected chi connectivity index (χ0v) is 12.7. The largest absolute Gasteiger partial charge is 0.369 e. The van der Waals surface area contributed by atoms with E-state index in [4.69, 9.17) is 5.73 Å². The third kappa shape index (κ3) is 2.52. The molecule has 7 nitrogen and oxygen atoms in total. The predicted octanol–water partition coefficient (Wildman–Crippen LogP) is 2.42. The van der Waals surface area contributed by atoms with Crippen LogP contribution >= 0.6 is 0 Å². The number of fused-ring (bicyclic) bond motifs is 1. The number of anilines is 2. The van der Waals surface area contributed by atoms with Gasteiger partial charge >= 0.3 is 0 Å². The second-order valence-electron chi connectivity index (χ2n) is 6.16. The molecule has 1 amide bonds. The molecule has 0 aliphatic carbocycles. The van der Waals surface area contributed by atoms with Crippen molar-refractivity contribution < 1.29 is 4.79 Å². The maximum absolute atomic E-state index is 12.4. The van der Waals surface area contributed by atoms with Gasteiger partial charge < -0.3 is 15.7 Å². The minimum Gasteiger partial charge on any atom is -0.369 e. The van der Waals surface area contributed by atoms with Gasteiger partial charge in [0, 0.05) is 11.6 Å². The molecule has 0 aliphatic rings. The van der Waals surface area contributed by atoms with E-state index in [2.05, 4.69) is 46.0 Å². The molecule has 2 heterocycles. The summed E-state index contributed by atoms with van der Waals surface area (Å²) in [5, 5.41) is 2.75. The molecule has 0 aliphatic heterocycles. The first-order valence-corrected chi connectivity index (χ1v) is 6.96. The second-order valence-corrected chi connectivity index (χ2v) is 6.16. The second kappa shape index (κ2) is 4.87. The summed E-state index contributed by atoms with van der Waals surface area (Å²) in [4.78, 5) is 26.8. The van der Waals surface area contributed by atoms with E-state index in [1.54, 1.807) is 18.3 Å². The van der Waals surface area contributed by atoms with Crippen LogP contribution < -0.4 is 11.1 Å². The summed E-state index contributed by atoms with van der Waals surface area (Å²) in [6.45, 7) is 6.17. The van der Waals surface area contributed by atoms with Crippen LogP contribution in [0.2, 0.25) is 0 Å². The molecule has 2 aromatic heterocycles. The maximum atomic E-state index is 12.4. The summed E-state index contributed by atoms with van der Waals surface area (Å²) in [5.41, 5.74) is 8.15. The van der Waals surface area contributed by atoms with Crippen molar-refractivity contribution in [1.82, 2.24) is 19.9 Å². The molecule has 3 aromatic rings. The lowest BCUT2D eigenvalue weighted by Crippen LogP contribution is -2.15. The quantitative estimate of drug-likeness (QED) is 0.582. The molecular weight excluding hydrogens is 280 g/mol. The lowest BCUT2D eigenvalue weighted by molar-refractivity contribution is 0.102. The van der Waals surface area contributed by atoms with Gasteiger partial charge in [0.2, 0.25) is 5.95 Å². The lowest BCUT2D eigenvalue weighted by atomic mass is 9.93. The zero-order valence-electron chi connectivity index (χ0n) is 12.7. The molecule has 3 rings (SSSR count). The molecule has 7 heteroatoms. The van der Waals surface area contributed by atoms with Crippen molar-refractivity contribution in [3.05, 3.63) is 35.7 Å². The van der Waals surface area contributed by atoms with E-state index in [9.17, 15) is 4.79 Å². The molecule has 5 N–H and O–H groups in total. The Morgan fingerprint density at radius 1 is 1.27 bits per heavy atom. The van der Waals surface area contributed by atoms with Crippen molar-refractivity contribution in [3.8, 4) is 0 Å². The average Bonchev–Trinajstić information content (AvgIpc) is 3.02. The summed E-state index contributed by atoms with van der Waals surface area (Å²) >= 11 is 0. The molecular formula is C15H18N6O. The van der Waals surface area contributed by atoms with Gasteiger partial charge in [-0.1, -0.05) is 26.8 Å². The zero-order chi connectivity index (χ0) is 15.9. The molecule has 0 saturated carbocycles. The number of amides is 1. The number of nitrogens with one attached hydrogen (secondary N) is 3. The van der Waals surface area contributed by atoms with Crippen molar-refractivity contribution in [1.29, 1.82) is 0 Å². The summed E-state index contributed by atoms with van der Waals surface area (Å²) in [7, 11) is 0. The number of benzene rings is 1. The normalized spacial score (nSPS) is 11.8. The first-order valence-electron chi connectivity index (χ1n) is 6.96. The van der Waals surface area contributed by atoms with Crippen LogP contribution in [-0.4, -0.2) is 25.8 Å². The fourth-order valence-electron chi connectivity index (χ4n) is 2.18. The number of hydrogen-bond donors (Lipinski definition) is 4. The highest BCUT2D eigenvalue weighted by Gasteiger charge is 2.19. The van der Waals surface area contributed by atoms with Crippen LogP contribution in [0.5, 0.6) is 0 Å². The van der Waals surface area contributed by atoms with Crippen LogP contribution in [0.4, 0.5) is 11.9 Å². The van der Waals surface area contributed by atoms with E-state index in [-0.39, 0.29) is 17.3 Å². The van der Waals surface area contributed by atoms with Crippen molar-refractivity contribution in [2.75, 3.05) is 11.1 Å². The van der Waals surface area contributed by atoms with Crippen molar-refractivity contribution >= 4 is 28.8 Å². The Morgan fingerprint density at radius 3 is 2.73 bits per heavy atom. The van der Waals surface area contributed by atoms with Crippen LogP contribution in [0.3, 0.4) is 0 Å². The van der Waals surface area contributed by atoms with Gasteiger partial charge in [0.25, 0.3) is 5.91 Å². The first-order chi connectivity index (χ1) is 10.3. The van der Waals surface area contributed by atoms with E-state index in [1.165, 1.54) is 0 Å². The SMILES string of the molecule is CC(C)(C)c1c[nH]c(NC(=O)c2cccc3[nH]c(N)nc23)n1. The third-order valence-corrected chi connectivity index (χ3v) is 3.35. The standard InChI is InChI=1S/C15H18N6O/c1-15(2,3)10-7-17-14(19-10)21-12(22)8-5-4-6-9-11(8)20-13(16)18-9/h4-7H,1-3H3,(H3,16,18,20)(H2,17,19,21,22). The topological polar surface area (TPSA) is 112 Å². The Kier molecular flexibility index (Phi) is 3.13. The highest BCUT2D eigenvalue weighted by molar-refractivity contribution is 6.11. The fraction of sp³-hybridized carbons (Fsp3) is 0.267. The van der Waals surface area contributed by atoms with Crippen molar-refractivity contribution in [2.24, 2.45) is 0 Å². The van der Waals surface area contributed by atoms with Crippen LogP contribution in [0.1, 0.15) is 36.8 Å². The molecule has 114 valence electrons. The third-order valence-electron chi connectivity index (χ3n) is 3.35. The summed E-state index contributed by atoms with van der Waals surface area (Å²) < 4.78 is 0. The van der Waals surface area contributed by atoms with E-state index in [0.717, 1.165) is 11.2 Å². The number of rotatable bonds is 2. The van der Waals surface area contributed by atoms with Gasteiger partial charge in [0.05, 0.1) is 16.8 Å². The minimum atomic E-state index is -0.285. The Balaban J connectivity index is 1.89. The highest BCUT2D eigenvalue weighted by atomic mass is 16.1. The molecule has 22 heavy (non-hydrogen) atoms. The van der Waals surface area contributed by atoms with Gasteiger partial charge in [-0.15, -0.1) is 0 Å². The molecule has 0 unspecified atom stereocenters. The number of carbonyl (C=O) groups excluding carboxylic acids is 1. The molecule has 0 radical (unpaired) electrons. The van der Waals surface area contributed by atoms with Crippen LogP contribution in [0, 0.1) is 0 Å². The number of aromatic amines is 2. The molecule has 1 aromatic carbocycles. The fourth-order valence-corrected chi connectivity index (χ4v) is 2.18. The Hall–Kier alpha value is -2.83. The monoisotopic (exact) mass is 298 g/mol. The highest BCUT2D eigenvalue weighted by Crippen LogP contribution is 2.22. The number of para-hydroxylation sites is 1. The molecule has 0 spiro atoms. The van der Waals surface area contributed by atoms with Gasteiger partial charge in [-0.05, 0) is 12.1 Å².